The summed E-state index contributed by atoms with van der Waals surface area (Å²) in [5, 5.41) is 0.627. The lowest BCUT2D eigenvalue weighted by atomic mass is 10.1. The van der Waals surface area contributed by atoms with E-state index in [4.69, 9.17) is 9.72 Å². The number of aromatic nitrogens is 1. The van der Waals surface area contributed by atoms with E-state index in [1.807, 2.05) is 27.7 Å². The largest absolute Gasteiger partial charge is 0.376 e. The van der Waals surface area contributed by atoms with Gasteiger partial charge in [0.1, 0.15) is 0 Å². The monoisotopic (exact) mass is 557 g/mol. The standard InChI is InChI=1S/C29H39N3O4S2/c1-19(2)16-31(17-20(3)4)38(34,35)25-11-9-23(10-12-25)28(33)32(18-24-8-7-13-36-24)29-30-26-14-21(5)22(6)15-27(26)37-29/h9-12,14-15,19-20,24H,7-8,13,16-18H2,1-6H3. The molecule has 2 heterocycles. The van der Waals surface area contributed by atoms with Crippen molar-refractivity contribution in [2.45, 2.75) is 65.4 Å². The molecule has 0 bridgehead atoms. The second-order valence-electron chi connectivity index (χ2n) is 11.1. The summed E-state index contributed by atoms with van der Waals surface area (Å²) in [6.07, 6.45) is 1.82. The Balaban J connectivity index is 1.64. The van der Waals surface area contributed by atoms with Crippen LogP contribution < -0.4 is 4.90 Å². The van der Waals surface area contributed by atoms with Gasteiger partial charge in [-0.1, -0.05) is 39.0 Å². The topological polar surface area (TPSA) is 79.8 Å². The lowest BCUT2D eigenvalue weighted by Crippen LogP contribution is -2.38. The van der Waals surface area contributed by atoms with E-state index in [0.717, 1.165) is 28.6 Å². The number of hydrogen-bond donors (Lipinski definition) is 0. The van der Waals surface area contributed by atoms with Gasteiger partial charge in [0.05, 0.1) is 27.8 Å². The number of aryl methyl sites for hydroxylation is 2. The molecule has 0 saturated carbocycles. The van der Waals surface area contributed by atoms with Crippen molar-refractivity contribution in [1.29, 1.82) is 0 Å². The van der Waals surface area contributed by atoms with Gasteiger partial charge >= 0.3 is 0 Å². The fourth-order valence-corrected chi connectivity index (χ4v) is 7.50. The molecule has 0 aliphatic carbocycles. The van der Waals surface area contributed by atoms with E-state index in [1.165, 1.54) is 16.9 Å². The van der Waals surface area contributed by atoms with Crippen LogP contribution in [0, 0.1) is 25.7 Å². The number of fused-ring (bicyclic) bond motifs is 1. The van der Waals surface area contributed by atoms with E-state index >= 15 is 0 Å². The number of benzene rings is 2. The summed E-state index contributed by atoms with van der Waals surface area (Å²) in [6.45, 7) is 14.2. The Kier molecular flexibility index (Phi) is 8.92. The summed E-state index contributed by atoms with van der Waals surface area (Å²) < 4.78 is 35.3. The minimum Gasteiger partial charge on any atom is -0.376 e. The van der Waals surface area contributed by atoms with Gasteiger partial charge in [0.15, 0.2) is 5.13 Å². The van der Waals surface area contributed by atoms with Crippen LogP contribution in [0.15, 0.2) is 41.3 Å². The molecule has 1 saturated heterocycles. The molecular weight excluding hydrogens is 518 g/mol. The summed E-state index contributed by atoms with van der Waals surface area (Å²) in [4.78, 5) is 20.5. The highest BCUT2D eigenvalue weighted by molar-refractivity contribution is 7.89. The number of amides is 1. The van der Waals surface area contributed by atoms with Gasteiger partial charge in [-0.05, 0) is 86.1 Å². The Morgan fingerprint density at radius 3 is 2.26 bits per heavy atom. The van der Waals surface area contributed by atoms with Gasteiger partial charge in [0, 0.05) is 25.3 Å². The van der Waals surface area contributed by atoms with Crippen LogP contribution in [0.2, 0.25) is 0 Å². The van der Waals surface area contributed by atoms with Crippen molar-refractivity contribution in [1.82, 2.24) is 9.29 Å². The van der Waals surface area contributed by atoms with Gasteiger partial charge < -0.3 is 4.74 Å². The van der Waals surface area contributed by atoms with Gasteiger partial charge in [-0.25, -0.2) is 13.4 Å². The highest BCUT2D eigenvalue weighted by atomic mass is 32.2. The summed E-state index contributed by atoms with van der Waals surface area (Å²) in [5.74, 6) is 0.201. The highest BCUT2D eigenvalue weighted by Crippen LogP contribution is 2.33. The van der Waals surface area contributed by atoms with Crippen molar-refractivity contribution in [3.63, 3.8) is 0 Å². The Morgan fingerprint density at radius 1 is 1.05 bits per heavy atom. The molecule has 4 rings (SSSR count). The summed E-state index contributed by atoms with van der Waals surface area (Å²) in [7, 11) is -3.67. The van der Waals surface area contributed by atoms with E-state index in [9.17, 15) is 13.2 Å². The maximum atomic E-state index is 13.8. The first kappa shape index (κ1) is 28.7. The predicted octanol–water partition coefficient (Wildman–Crippen LogP) is 6.04. The van der Waals surface area contributed by atoms with E-state index in [2.05, 4.69) is 26.0 Å². The van der Waals surface area contributed by atoms with Crippen molar-refractivity contribution in [3.8, 4) is 0 Å². The molecule has 38 heavy (non-hydrogen) atoms. The predicted molar refractivity (Wildman–Crippen MR) is 155 cm³/mol. The first-order valence-corrected chi connectivity index (χ1v) is 15.6. The molecule has 0 radical (unpaired) electrons. The molecule has 7 nitrogen and oxygen atoms in total. The number of anilines is 1. The van der Waals surface area contributed by atoms with Gasteiger partial charge in [-0.15, -0.1) is 0 Å². The average Bonchev–Trinajstić information content (AvgIpc) is 3.51. The van der Waals surface area contributed by atoms with Crippen LogP contribution in [0.25, 0.3) is 10.2 Å². The third-order valence-electron chi connectivity index (χ3n) is 6.76. The number of hydrogen-bond acceptors (Lipinski definition) is 6. The number of rotatable bonds is 10. The number of ether oxygens (including phenoxy) is 1. The molecular formula is C29H39N3O4S2. The first-order chi connectivity index (χ1) is 18.0. The average molecular weight is 558 g/mol. The molecule has 1 aliphatic heterocycles. The molecule has 0 N–H and O–H groups in total. The smallest absolute Gasteiger partial charge is 0.260 e. The van der Waals surface area contributed by atoms with Gasteiger partial charge in [0.25, 0.3) is 5.91 Å². The number of nitrogens with zero attached hydrogens (tertiary/aromatic N) is 3. The number of thiazole rings is 1. The SMILES string of the molecule is Cc1cc2nc(N(CC3CCCO3)C(=O)c3ccc(S(=O)(=O)N(CC(C)C)CC(C)C)cc3)sc2cc1C. The van der Waals surface area contributed by atoms with Gasteiger partial charge in [0.2, 0.25) is 10.0 Å². The number of sulfonamides is 1. The zero-order chi connectivity index (χ0) is 27.6. The Labute approximate surface area is 230 Å². The summed E-state index contributed by atoms with van der Waals surface area (Å²) in [5.41, 5.74) is 3.64. The van der Waals surface area contributed by atoms with Crippen LogP contribution in [-0.4, -0.2) is 56.0 Å². The molecule has 1 aliphatic rings. The summed E-state index contributed by atoms with van der Waals surface area (Å²) >= 11 is 1.49. The first-order valence-electron chi connectivity index (χ1n) is 13.4. The van der Waals surface area contributed by atoms with Gasteiger partial charge in [-0.2, -0.15) is 4.31 Å². The highest BCUT2D eigenvalue weighted by Gasteiger charge is 2.29. The van der Waals surface area contributed by atoms with Crippen LogP contribution in [0.1, 0.15) is 62.0 Å². The van der Waals surface area contributed by atoms with Crippen LogP contribution in [0.4, 0.5) is 5.13 Å². The second kappa shape index (κ2) is 11.8. The third-order valence-corrected chi connectivity index (χ3v) is 9.64. The zero-order valence-electron chi connectivity index (χ0n) is 23.2. The van der Waals surface area contributed by atoms with Crippen LogP contribution >= 0.6 is 11.3 Å². The molecule has 2 aromatic carbocycles. The minimum absolute atomic E-state index is 0.0466. The molecule has 0 spiro atoms. The lowest BCUT2D eigenvalue weighted by Gasteiger charge is -2.26. The number of carbonyl (C=O) groups is 1. The Bertz CT molecular complexity index is 1330. The molecule has 9 heteroatoms. The maximum absolute atomic E-state index is 13.8. The van der Waals surface area contributed by atoms with Crippen LogP contribution in [0.5, 0.6) is 0 Å². The van der Waals surface area contributed by atoms with Crippen molar-refractivity contribution < 1.29 is 17.9 Å². The van der Waals surface area contributed by atoms with Crippen LogP contribution in [0.3, 0.4) is 0 Å². The molecule has 1 unspecified atom stereocenters. The fraction of sp³-hybridized carbons (Fsp3) is 0.517. The minimum atomic E-state index is -3.67. The van der Waals surface area contributed by atoms with Crippen molar-refractivity contribution in [2.75, 3.05) is 31.1 Å². The lowest BCUT2D eigenvalue weighted by molar-refractivity contribution is 0.0917. The molecule has 1 aromatic heterocycles. The Hall–Kier alpha value is -2.33. The van der Waals surface area contributed by atoms with Crippen LogP contribution in [-0.2, 0) is 14.8 Å². The Morgan fingerprint density at radius 2 is 1.68 bits per heavy atom. The second-order valence-corrected chi connectivity index (χ2v) is 14.0. The zero-order valence-corrected chi connectivity index (χ0v) is 24.9. The van der Waals surface area contributed by atoms with E-state index < -0.39 is 10.0 Å². The van der Waals surface area contributed by atoms with E-state index in [-0.39, 0.29) is 28.7 Å². The molecule has 1 fully saturated rings. The summed E-state index contributed by atoms with van der Waals surface area (Å²) in [6, 6.07) is 10.5. The quantitative estimate of drug-likeness (QED) is 0.304. The fourth-order valence-electron chi connectivity index (χ4n) is 4.68. The normalized spacial score (nSPS) is 16.3. The van der Waals surface area contributed by atoms with Gasteiger partial charge in [-0.3, -0.25) is 9.69 Å². The van der Waals surface area contributed by atoms with E-state index in [1.54, 1.807) is 33.5 Å². The maximum Gasteiger partial charge on any atom is 0.260 e. The molecule has 3 aromatic rings. The molecule has 206 valence electrons. The molecule has 1 amide bonds. The molecule has 1 atom stereocenters. The van der Waals surface area contributed by atoms with Crippen molar-refractivity contribution in [3.05, 3.63) is 53.1 Å². The number of carbonyl (C=O) groups excluding carboxylic acids is 1. The third kappa shape index (κ3) is 6.45. The van der Waals surface area contributed by atoms with E-state index in [0.29, 0.717) is 36.9 Å². The van der Waals surface area contributed by atoms with Crippen molar-refractivity contribution >= 4 is 42.6 Å². The van der Waals surface area contributed by atoms with Crippen molar-refractivity contribution in [2.24, 2.45) is 11.8 Å².